The number of amides is 2. The molecule has 0 bridgehead atoms. The molecule has 13 heteroatoms. The first-order valence-corrected chi connectivity index (χ1v) is 20.6. The molecule has 0 unspecified atom stereocenters. The van der Waals surface area contributed by atoms with Gasteiger partial charge in [0, 0.05) is 86.1 Å². The Labute approximate surface area is 350 Å². The predicted molar refractivity (Wildman–Crippen MR) is 239 cm³/mol. The quantitative estimate of drug-likeness (QED) is 0.0427. The highest BCUT2D eigenvalue weighted by Gasteiger charge is 2.18. The molecule has 4 aromatic heterocycles. The number of anilines is 3. The van der Waals surface area contributed by atoms with E-state index in [9.17, 15) is 14.4 Å². The molecule has 0 saturated heterocycles. The number of nitrogens with zero attached hydrogens (tertiary/aromatic N) is 4. The summed E-state index contributed by atoms with van der Waals surface area (Å²) in [4.78, 5) is 56.1. The largest absolute Gasteiger partial charge is 0.484 e. The van der Waals surface area contributed by atoms with Crippen molar-refractivity contribution >= 4 is 78.3 Å². The molecular weight excluding hydrogens is 773 g/mol. The number of ketones is 1. The van der Waals surface area contributed by atoms with E-state index < -0.39 is 0 Å². The number of hydrogen-bond acceptors (Lipinski definition) is 9. The number of terminal acetylenes is 1. The molecule has 0 radical (unpaired) electrons. The van der Waals surface area contributed by atoms with Crippen LogP contribution in [-0.4, -0.2) is 55.3 Å². The molecule has 0 fully saturated rings. The molecule has 0 aliphatic heterocycles. The van der Waals surface area contributed by atoms with Gasteiger partial charge in [0.2, 0.25) is 5.91 Å². The van der Waals surface area contributed by atoms with E-state index in [4.69, 9.17) is 26.1 Å². The number of nitrogens with one attached hydrogen (secondary N) is 4. The topological polar surface area (TPSA) is 156 Å². The molecule has 300 valence electrons. The Bertz CT molecular complexity index is 2890. The van der Waals surface area contributed by atoms with E-state index in [0.29, 0.717) is 72.1 Å². The molecule has 0 aliphatic rings. The Hall–Kier alpha value is -7.30. The summed E-state index contributed by atoms with van der Waals surface area (Å²) in [5, 5.41) is 13.4. The van der Waals surface area contributed by atoms with Gasteiger partial charge in [-0.3, -0.25) is 14.4 Å². The van der Waals surface area contributed by atoms with Gasteiger partial charge < -0.3 is 30.2 Å². The van der Waals surface area contributed by atoms with Crippen molar-refractivity contribution in [1.29, 1.82) is 0 Å². The van der Waals surface area contributed by atoms with Crippen LogP contribution in [0, 0.1) is 12.3 Å². The smallest absolute Gasteiger partial charge is 0.262 e. The fraction of sp³-hybridized carbons (Fsp3) is 0.191. The van der Waals surface area contributed by atoms with Gasteiger partial charge in [0.1, 0.15) is 11.3 Å². The number of unbranched alkanes of at least 4 members (excludes halogenated alkanes) is 1. The van der Waals surface area contributed by atoms with E-state index in [1.54, 1.807) is 59.9 Å². The summed E-state index contributed by atoms with van der Waals surface area (Å²) in [6, 6.07) is 27.6. The van der Waals surface area contributed by atoms with Crippen LogP contribution in [0.5, 0.6) is 5.75 Å². The number of imidazole rings is 1. The van der Waals surface area contributed by atoms with Gasteiger partial charge in [-0.2, -0.15) is 0 Å². The molecule has 8 rings (SSSR count). The van der Waals surface area contributed by atoms with Gasteiger partial charge in [0.15, 0.2) is 29.7 Å². The molecule has 12 nitrogen and oxygen atoms in total. The number of benzene rings is 4. The van der Waals surface area contributed by atoms with Gasteiger partial charge in [-0.1, -0.05) is 18.2 Å². The third-order valence-corrected chi connectivity index (χ3v) is 11.0. The highest BCUT2D eigenvalue weighted by molar-refractivity contribution is 7.17. The van der Waals surface area contributed by atoms with Gasteiger partial charge in [0.05, 0.1) is 6.33 Å². The molecule has 60 heavy (non-hydrogen) atoms. The standard InChI is InChI=1S/C47H42N8O4S/c1-4-5-6-11-41(56)51-33-16-12-30(13-17-33)44(58)31-14-18-34(19-15-31)52-42(57)26-59-35-20-21-39-37(24-35)32(25-49-39)22-23-48-46-43-47(55(28-50-43)29(2)3)54-45(53-46)38-27-60-40-10-8-7-9-36(38)40/h1,7-10,12-21,24-25,27-29,49H,5-6,11,22-23,26H2,2-3H3,(H,51,56)(H,52,57)(H,48,53,54). The van der Waals surface area contributed by atoms with Crippen LogP contribution >= 0.6 is 11.3 Å². The Morgan fingerprint density at radius 1 is 0.900 bits per heavy atom. The minimum atomic E-state index is -0.338. The fourth-order valence-corrected chi connectivity index (χ4v) is 7.90. The first kappa shape index (κ1) is 39.5. The van der Waals surface area contributed by atoms with Crippen molar-refractivity contribution in [2.75, 3.05) is 29.1 Å². The van der Waals surface area contributed by atoms with E-state index in [0.717, 1.165) is 38.6 Å². The van der Waals surface area contributed by atoms with Crippen molar-refractivity contribution in [3.63, 3.8) is 0 Å². The number of hydrogen-bond donors (Lipinski definition) is 4. The average Bonchev–Trinajstić information content (AvgIpc) is 4.01. The zero-order chi connectivity index (χ0) is 41.6. The summed E-state index contributed by atoms with van der Waals surface area (Å²) in [6.45, 7) is 4.62. The number of aromatic amines is 1. The van der Waals surface area contributed by atoms with Crippen molar-refractivity contribution in [3.8, 4) is 29.5 Å². The number of aromatic nitrogens is 5. The molecule has 8 aromatic rings. The maximum atomic E-state index is 13.1. The molecular formula is C47H42N8O4S. The van der Waals surface area contributed by atoms with E-state index in [-0.39, 0.29) is 30.2 Å². The minimum absolute atomic E-state index is 0.127. The lowest BCUT2D eigenvalue weighted by atomic mass is 10.0. The number of carbonyl (C=O) groups excluding carboxylic acids is 3. The van der Waals surface area contributed by atoms with Crippen molar-refractivity contribution in [2.45, 2.75) is 45.6 Å². The first-order chi connectivity index (χ1) is 29.2. The third kappa shape index (κ3) is 8.74. The summed E-state index contributed by atoms with van der Waals surface area (Å²) in [5.41, 5.74) is 6.62. The van der Waals surface area contributed by atoms with Crippen LogP contribution in [0.15, 0.2) is 109 Å². The molecule has 2 amide bonds. The van der Waals surface area contributed by atoms with Crippen LogP contribution in [0.3, 0.4) is 0 Å². The average molecular weight is 815 g/mol. The van der Waals surface area contributed by atoms with E-state index in [1.165, 1.54) is 4.70 Å². The molecule has 0 saturated carbocycles. The number of rotatable bonds is 16. The Morgan fingerprint density at radius 3 is 2.37 bits per heavy atom. The zero-order valence-electron chi connectivity index (χ0n) is 33.1. The summed E-state index contributed by atoms with van der Waals surface area (Å²) in [7, 11) is 0. The maximum Gasteiger partial charge on any atom is 0.262 e. The van der Waals surface area contributed by atoms with Crippen molar-refractivity contribution in [3.05, 3.63) is 126 Å². The zero-order valence-corrected chi connectivity index (χ0v) is 33.9. The molecule has 4 N–H and O–H groups in total. The van der Waals surface area contributed by atoms with Crippen molar-refractivity contribution in [1.82, 2.24) is 24.5 Å². The van der Waals surface area contributed by atoms with Crippen molar-refractivity contribution < 1.29 is 19.1 Å². The van der Waals surface area contributed by atoms with Crippen LogP contribution in [-0.2, 0) is 16.0 Å². The number of H-pyrrole nitrogens is 1. The van der Waals surface area contributed by atoms with E-state index in [1.807, 2.05) is 42.9 Å². The van der Waals surface area contributed by atoms with Gasteiger partial charge in [-0.05, 0) is 105 Å². The van der Waals surface area contributed by atoms with Gasteiger partial charge in [-0.25, -0.2) is 15.0 Å². The number of ether oxygens (including phenoxy) is 1. The molecule has 4 aromatic carbocycles. The monoisotopic (exact) mass is 814 g/mol. The molecule has 0 spiro atoms. The summed E-state index contributed by atoms with van der Waals surface area (Å²) in [6.07, 6.45) is 11.2. The first-order valence-electron chi connectivity index (χ1n) is 19.7. The number of fused-ring (bicyclic) bond motifs is 3. The van der Waals surface area contributed by atoms with Gasteiger partial charge >= 0.3 is 0 Å². The van der Waals surface area contributed by atoms with Crippen LogP contribution in [0.25, 0.3) is 43.5 Å². The molecule has 0 atom stereocenters. The van der Waals surface area contributed by atoms with Crippen LogP contribution < -0.4 is 20.7 Å². The third-order valence-electron chi connectivity index (χ3n) is 10.1. The van der Waals surface area contributed by atoms with E-state index in [2.05, 4.69) is 62.8 Å². The lowest BCUT2D eigenvalue weighted by Gasteiger charge is -2.11. The van der Waals surface area contributed by atoms with Crippen LogP contribution in [0.2, 0.25) is 0 Å². The molecule has 0 aliphatic carbocycles. The Kier molecular flexibility index (Phi) is 11.6. The fourth-order valence-electron chi connectivity index (χ4n) is 6.96. The van der Waals surface area contributed by atoms with Gasteiger partial charge in [-0.15, -0.1) is 23.7 Å². The minimum Gasteiger partial charge on any atom is -0.484 e. The Balaban J connectivity index is 0.869. The summed E-state index contributed by atoms with van der Waals surface area (Å²) < 4.78 is 9.17. The lowest BCUT2D eigenvalue weighted by molar-refractivity contribution is -0.118. The lowest BCUT2D eigenvalue weighted by Crippen LogP contribution is -2.20. The van der Waals surface area contributed by atoms with Crippen LogP contribution in [0.4, 0.5) is 17.2 Å². The summed E-state index contributed by atoms with van der Waals surface area (Å²) in [5.74, 6) is 3.78. The molecule has 4 heterocycles. The normalized spacial score (nSPS) is 11.2. The number of carbonyl (C=O) groups is 3. The van der Waals surface area contributed by atoms with Crippen LogP contribution in [0.1, 0.15) is 60.6 Å². The predicted octanol–water partition coefficient (Wildman–Crippen LogP) is 9.42. The number of thiophene rings is 1. The Morgan fingerprint density at radius 2 is 1.63 bits per heavy atom. The second kappa shape index (κ2) is 17.7. The highest BCUT2D eigenvalue weighted by Crippen LogP contribution is 2.34. The SMILES string of the molecule is C#CCCCC(=O)Nc1ccc(C(=O)c2ccc(NC(=O)COc3ccc4[nH]cc(CCNc5nc(-c6csc7ccccc67)nc6c5ncn6C(C)C)c4c3)cc2)cc1. The summed E-state index contributed by atoms with van der Waals surface area (Å²) >= 11 is 1.68. The second-order valence-corrected chi connectivity index (χ2v) is 15.5. The highest BCUT2D eigenvalue weighted by atomic mass is 32.1. The van der Waals surface area contributed by atoms with E-state index >= 15 is 0 Å². The van der Waals surface area contributed by atoms with Gasteiger partial charge in [0.25, 0.3) is 5.91 Å². The second-order valence-electron chi connectivity index (χ2n) is 14.6. The maximum absolute atomic E-state index is 13.1. The van der Waals surface area contributed by atoms with Crippen molar-refractivity contribution in [2.24, 2.45) is 0 Å².